The highest BCUT2D eigenvalue weighted by molar-refractivity contribution is 5.38. The van der Waals surface area contributed by atoms with E-state index in [0.717, 1.165) is 37.9 Å². The standard InChI is InChI=1S/C17H27N3O/c1-16(2,3)15-18-9-4-14(19-15)20-10-5-17(6-11-20)7-12-21-13-8-17/h4,9H,5-8,10-13H2,1-3H3. The van der Waals surface area contributed by atoms with Gasteiger partial charge in [-0.05, 0) is 37.2 Å². The second-order valence-corrected chi connectivity index (χ2v) is 7.59. The fourth-order valence-corrected chi connectivity index (χ4v) is 3.40. The van der Waals surface area contributed by atoms with Crippen molar-refractivity contribution in [3.63, 3.8) is 0 Å². The molecule has 0 bridgehead atoms. The Morgan fingerprint density at radius 2 is 1.76 bits per heavy atom. The summed E-state index contributed by atoms with van der Waals surface area (Å²) in [4.78, 5) is 11.7. The summed E-state index contributed by atoms with van der Waals surface area (Å²) in [7, 11) is 0. The molecule has 2 aliphatic heterocycles. The maximum atomic E-state index is 5.53. The molecule has 0 unspecified atom stereocenters. The van der Waals surface area contributed by atoms with Crippen LogP contribution in [0.25, 0.3) is 0 Å². The summed E-state index contributed by atoms with van der Waals surface area (Å²) in [5.74, 6) is 2.03. The Morgan fingerprint density at radius 3 is 2.38 bits per heavy atom. The van der Waals surface area contributed by atoms with Crippen LogP contribution in [0.15, 0.2) is 12.3 Å². The van der Waals surface area contributed by atoms with Crippen LogP contribution in [0.4, 0.5) is 5.82 Å². The van der Waals surface area contributed by atoms with Crippen LogP contribution in [0.5, 0.6) is 0 Å². The summed E-state index contributed by atoms with van der Waals surface area (Å²) in [5, 5.41) is 0. The highest BCUT2D eigenvalue weighted by atomic mass is 16.5. The minimum atomic E-state index is 0.00767. The summed E-state index contributed by atoms with van der Waals surface area (Å²) in [6.07, 6.45) is 6.91. The summed E-state index contributed by atoms with van der Waals surface area (Å²) in [6.45, 7) is 10.6. The minimum absolute atomic E-state index is 0.00767. The number of piperidine rings is 1. The van der Waals surface area contributed by atoms with Crippen molar-refractivity contribution in [3.8, 4) is 0 Å². The van der Waals surface area contributed by atoms with E-state index in [9.17, 15) is 0 Å². The molecule has 116 valence electrons. The summed E-state index contributed by atoms with van der Waals surface area (Å²) < 4.78 is 5.53. The zero-order chi connectivity index (χ0) is 14.9. The van der Waals surface area contributed by atoms with Gasteiger partial charge in [0.25, 0.3) is 0 Å². The minimum Gasteiger partial charge on any atom is -0.381 e. The highest BCUT2D eigenvalue weighted by Gasteiger charge is 2.36. The fourth-order valence-electron chi connectivity index (χ4n) is 3.40. The Balaban J connectivity index is 1.69. The van der Waals surface area contributed by atoms with Gasteiger partial charge in [0.05, 0.1) is 0 Å². The number of aromatic nitrogens is 2. The van der Waals surface area contributed by atoms with Crippen LogP contribution in [0.1, 0.15) is 52.3 Å². The largest absolute Gasteiger partial charge is 0.381 e. The van der Waals surface area contributed by atoms with Crippen molar-refractivity contribution in [1.82, 2.24) is 9.97 Å². The third-order valence-corrected chi connectivity index (χ3v) is 5.01. The number of hydrogen-bond acceptors (Lipinski definition) is 4. The average molecular weight is 289 g/mol. The van der Waals surface area contributed by atoms with E-state index in [2.05, 4.69) is 36.7 Å². The molecule has 0 radical (unpaired) electrons. The first kappa shape index (κ1) is 14.8. The summed E-state index contributed by atoms with van der Waals surface area (Å²) in [5.41, 5.74) is 0.544. The van der Waals surface area contributed by atoms with Crippen molar-refractivity contribution in [2.24, 2.45) is 5.41 Å². The third-order valence-electron chi connectivity index (χ3n) is 5.01. The molecule has 2 aliphatic rings. The van der Waals surface area contributed by atoms with Gasteiger partial charge in [0.15, 0.2) is 0 Å². The van der Waals surface area contributed by atoms with Crippen molar-refractivity contribution >= 4 is 5.82 Å². The van der Waals surface area contributed by atoms with Gasteiger partial charge in [-0.2, -0.15) is 0 Å². The zero-order valence-corrected chi connectivity index (χ0v) is 13.6. The summed E-state index contributed by atoms with van der Waals surface area (Å²) >= 11 is 0. The first-order valence-electron chi connectivity index (χ1n) is 8.15. The lowest BCUT2D eigenvalue weighted by Gasteiger charge is -2.44. The molecule has 2 fully saturated rings. The van der Waals surface area contributed by atoms with Gasteiger partial charge in [0, 0.05) is 37.9 Å². The SMILES string of the molecule is CC(C)(C)c1nccc(N2CCC3(CCOCC3)CC2)n1. The molecule has 1 aromatic heterocycles. The van der Waals surface area contributed by atoms with Crippen molar-refractivity contribution < 1.29 is 4.74 Å². The van der Waals surface area contributed by atoms with E-state index in [1.165, 1.54) is 25.7 Å². The lowest BCUT2D eigenvalue weighted by atomic mass is 9.72. The molecule has 0 amide bonds. The van der Waals surface area contributed by atoms with Crippen LogP contribution in [0.2, 0.25) is 0 Å². The first-order valence-corrected chi connectivity index (χ1v) is 8.15. The maximum Gasteiger partial charge on any atom is 0.135 e. The molecular weight excluding hydrogens is 262 g/mol. The van der Waals surface area contributed by atoms with E-state index >= 15 is 0 Å². The van der Waals surface area contributed by atoms with Crippen molar-refractivity contribution in [3.05, 3.63) is 18.1 Å². The lowest BCUT2D eigenvalue weighted by molar-refractivity contribution is 0.00205. The van der Waals surface area contributed by atoms with E-state index in [4.69, 9.17) is 9.72 Å². The van der Waals surface area contributed by atoms with Crippen LogP contribution >= 0.6 is 0 Å². The third kappa shape index (κ3) is 3.20. The monoisotopic (exact) mass is 289 g/mol. The molecule has 1 spiro atoms. The van der Waals surface area contributed by atoms with E-state index in [0.29, 0.717) is 5.41 Å². The Bertz CT molecular complexity index is 479. The maximum absolute atomic E-state index is 5.53. The van der Waals surface area contributed by atoms with Crippen LogP contribution in [-0.4, -0.2) is 36.3 Å². The molecule has 4 heteroatoms. The topological polar surface area (TPSA) is 38.2 Å². The highest BCUT2D eigenvalue weighted by Crippen LogP contribution is 2.41. The Morgan fingerprint density at radius 1 is 1.10 bits per heavy atom. The Labute approximate surface area is 127 Å². The number of anilines is 1. The molecule has 3 heterocycles. The number of hydrogen-bond donors (Lipinski definition) is 0. The van der Waals surface area contributed by atoms with Gasteiger partial charge in [0.2, 0.25) is 0 Å². The fraction of sp³-hybridized carbons (Fsp3) is 0.765. The second-order valence-electron chi connectivity index (χ2n) is 7.59. The number of rotatable bonds is 1. The van der Waals surface area contributed by atoms with Crippen LogP contribution in [0.3, 0.4) is 0 Å². The molecule has 2 saturated heterocycles. The predicted octanol–water partition coefficient (Wildman–Crippen LogP) is 3.17. The zero-order valence-electron chi connectivity index (χ0n) is 13.6. The van der Waals surface area contributed by atoms with Gasteiger partial charge in [-0.25, -0.2) is 9.97 Å². The van der Waals surface area contributed by atoms with E-state index in [-0.39, 0.29) is 5.41 Å². The Kier molecular flexibility index (Phi) is 3.91. The van der Waals surface area contributed by atoms with Gasteiger partial charge < -0.3 is 9.64 Å². The summed E-state index contributed by atoms with van der Waals surface area (Å²) in [6, 6.07) is 2.05. The molecule has 0 aliphatic carbocycles. The first-order chi connectivity index (χ1) is 9.99. The van der Waals surface area contributed by atoms with Gasteiger partial charge in [-0.15, -0.1) is 0 Å². The molecule has 0 saturated carbocycles. The Hall–Kier alpha value is -1.16. The molecular formula is C17H27N3O. The molecule has 21 heavy (non-hydrogen) atoms. The molecule has 4 nitrogen and oxygen atoms in total. The molecule has 0 N–H and O–H groups in total. The van der Waals surface area contributed by atoms with Crippen LogP contribution < -0.4 is 4.90 Å². The quantitative estimate of drug-likeness (QED) is 0.796. The van der Waals surface area contributed by atoms with Gasteiger partial charge >= 0.3 is 0 Å². The van der Waals surface area contributed by atoms with Gasteiger partial charge in [-0.1, -0.05) is 20.8 Å². The van der Waals surface area contributed by atoms with E-state index < -0.39 is 0 Å². The molecule has 0 atom stereocenters. The van der Waals surface area contributed by atoms with Crippen molar-refractivity contribution in [2.75, 3.05) is 31.2 Å². The van der Waals surface area contributed by atoms with Gasteiger partial charge in [0.1, 0.15) is 11.6 Å². The number of ether oxygens (including phenoxy) is 1. The number of nitrogens with zero attached hydrogens (tertiary/aromatic N) is 3. The average Bonchev–Trinajstić information content (AvgIpc) is 2.48. The van der Waals surface area contributed by atoms with Gasteiger partial charge in [-0.3, -0.25) is 0 Å². The second kappa shape index (κ2) is 5.56. The van der Waals surface area contributed by atoms with Crippen molar-refractivity contribution in [1.29, 1.82) is 0 Å². The van der Waals surface area contributed by atoms with Crippen molar-refractivity contribution in [2.45, 2.75) is 51.9 Å². The van der Waals surface area contributed by atoms with E-state index in [1.807, 2.05) is 6.20 Å². The van der Waals surface area contributed by atoms with Crippen LogP contribution in [0, 0.1) is 5.41 Å². The van der Waals surface area contributed by atoms with Crippen LogP contribution in [-0.2, 0) is 10.2 Å². The van der Waals surface area contributed by atoms with E-state index in [1.54, 1.807) is 0 Å². The normalized spacial score (nSPS) is 22.5. The molecule has 3 rings (SSSR count). The molecule has 1 aromatic rings. The molecule has 0 aromatic carbocycles. The predicted molar refractivity (Wildman–Crippen MR) is 84.7 cm³/mol. The lowest BCUT2D eigenvalue weighted by Crippen LogP contribution is -2.43. The smallest absolute Gasteiger partial charge is 0.135 e.